The summed E-state index contributed by atoms with van der Waals surface area (Å²) in [6.07, 6.45) is -4.76. The molecule has 37 heavy (non-hydrogen) atoms. The van der Waals surface area contributed by atoms with Crippen LogP contribution >= 0.6 is 0 Å². The summed E-state index contributed by atoms with van der Waals surface area (Å²) in [5.74, 6) is -0.833. The Morgan fingerprint density at radius 3 is 2.24 bits per heavy atom. The van der Waals surface area contributed by atoms with Gasteiger partial charge in [0.2, 0.25) is 11.9 Å². The van der Waals surface area contributed by atoms with Crippen molar-refractivity contribution in [2.24, 2.45) is 0 Å². The molecule has 9 nitrogen and oxygen atoms in total. The van der Waals surface area contributed by atoms with Crippen LogP contribution in [-0.4, -0.2) is 46.8 Å². The largest absolute Gasteiger partial charge is 0.497 e. The smallest absolute Gasteiger partial charge is 0.490 e. The van der Waals surface area contributed by atoms with E-state index >= 15 is 0 Å². The van der Waals surface area contributed by atoms with Gasteiger partial charge in [0, 0.05) is 37.0 Å². The van der Waals surface area contributed by atoms with E-state index in [1.807, 2.05) is 49.4 Å². The number of nitrogens with zero attached hydrogens (tertiary/aromatic N) is 2. The molecular weight excluding hydrogens is 491 g/mol. The van der Waals surface area contributed by atoms with Crippen LogP contribution < -0.4 is 20.7 Å². The van der Waals surface area contributed by atoms with Crippen LogP contribution in [0.15, 0.2) is 54.6 Å². The van der Waals surface area contributed by atoms with Crippen molar-refractivity contribution in [1.29, 1.82) is 0 Å². The number of methoxy groups -OCH3 is 1. The van der Waals surface area contributed by atoms with Gasteiger partial charge < -0.3 is 25.8 Å². The summed E-state index contributed by atoms with van der Waals surface area (Å²) < 4.78 is 36.9. The van der Waals surface area contributed by atoms with Crippen LogP contribution in [0.1, 0.15) is 23.2 Å². The van der Waals surface area contributed by atoms with Gasteiger partial charge in [-0.05, 0) is 49.2 Å². The highest BCUT2D eigenvalue weighted by Crippen LogP contribution is 2.16. The molecule has 0 radical (unpaired) electrons. The van der Waals surface area contributed by atoms with Crippen LogP contribution in [0.25, 0.3) is 0 Å². The Balaban J connectivity index is 0.000000604. The van der Waals surface area contributed by atoms with Crippen LogP contribution in [0.2, 0.25) is 0 Å². The van der Waals surface area contributed by atoms with Gasteiger partial charge in [0.1, 0.15) is 11.6 Å². The fourth-order valence-electron chi connectivity index (χ4n) is 2.92. The first kappa shape index (κ1) is 28.9. The van der Waals surface area contributed by atoms with Crippen molar-refractivity contribution in [1.82, 2.24) is 9.97 Å². The number of alkyl halides is 3. The second-order valence-corrected chi connectivity index (χ2v) is 7.75. The molecule has 3 aromatic rings. The maximum atomic E-state index is 12.2. The third-order valence-electron chi connectivity index (χ3n) is 4.83. The van der Waals surface area contributed by atoms with Gasteiger partial charge in [-0.25, -0.2) is 9.78 Å². The Hall–Kier alpha value is -4.35. The van der Waals surface area contributed by atoms with Gasteiger partial charge in [-0.3, -0.25) is 4.79 Å². The number of benzene rings is 2. The average molecular weight is 520 g/mol. The number of carboxylic acids is 1. The zero-order valence-electron chi connectivity index (χ0n) is 20.5. The molecule has 0 atom stereocenters. The monoisotopic (exact) mass is 519 g/mol. The summed E-state index contributed by atoms with van der Waals surface area (Å²) in [7, 11) is 1.61. The lowest BCUT2D eigenvalue weighted by Crippen LogP contribution is -2.21. The number of aryl methyl sites for hydroxylation is 2. The highest BCUT2D eigenvalue weighted by atomic mass is 19.4. The first-order chi connectivity index (χ1) is 17.5. The minimum absolute atomic E-state index is 0.0728. The molecule has 2 aromatic carbocycles. The van der Waals surface area contributed by atoms with Gasteiger partial charge in [0.25, 0.3) is 0 Å². The highest BCUT2D eigenvalue weighted by molar-refractivity contribution is 5.91. The molecule has 12 heteroatoms. The van der Waals surface area contributed by atoms with Crippen molar-refractivity contribution in [3.8, 4) is 5.75 Å². The molecular formula is C25H28F3N5O4. The number of amides is 1. The summed E-state index contributed by atoms with van der Waals surface area (Å²) in [5, 5.41) is 16.5. The van der Waals surface area contributed by atoms with Crippen molar-refractivity contribution in [2.75, 3.05) is 29.6 Å². The molecule has 0 bridgehead atoms. The number of carboxylic acid groups (broad SMARTS) is 1. The first-order valence-corrected chi connectivity index (χ1v) is 11.1. The Morgan fingerprint density at radius 2 is 1.65 bits per heavy atom. The van der Waals surface area contributed by atoms with E-state index in [0.29, 0.717) is 31.3 Å². The van der Waals surface area contributed by atoms with Crippen molar-refractivity contribution >= 4 is 29.3 Å². The van der Waals surface area contributed by atoms with Crippen LogP contribution in [0, 0.1) is 13.8 Å². The minimum atomic E-state index is -5.08. The van der Waals surface area contributed by atoms with Crippen LogP contribution in [0.4, 0.5) is 30.6 Å². The van der Waals surface area contributed by atoms with Gasteiger partial charge in [-0.15, -0.1) is 0 Å². The molecule has 0 aliphatic rings. The standard InChI is InChI=1S/C23H27N5O2.C2HF3O2/c1-16-6-4-5-7-18(16)15-25-23-26-17(2)14-21(28-23)24-13-12-22(29)27-19-8-10-20(30-3)11-9-19;3-2(4,5)1(6)7/h4-11,14H,12-13,15H2,1-3H3,(H,27,29)(H2,24,25,26,28);(H,6,7). The van der Waals surface area contributed by atoms with Crippen LogP contribution in [0.3, 0.4) is 0 Å². The number of hydrogen-bond acceptors (Lipinski definition) is 7. The fraction of sp³-hybridized carbons (Fsp3) is 0.280. The highest BCUT2D eigenvalue weighted by Gasteiger charge is 2.38. The Morgan fingerprint density at radius 1 is 1.00 bits per heavy atom. The Kier molecular flexibility index (Phi) is 10.7. The number of carbonyl (C=O) groups is 2. The van der Waals surface area contributed by atoms with Crippen LogP contribution in [0.5, 0.6) is 5.75 Å². The van der Waals surface area contributed by atoms with Crippen molar-refractivity contribution in [3.05, 3.63) is 71.4 Å². The van der Waals surface area contributed by atoms with E-state index in [1.165, 1.54) is 11.1 Å². The molecule has 0 spiro atoms. The lowest BCUT2D eigenvalue weighted by atomic mass is 10.1. The molecule has 4 N–H and O–H groups in total. The number of rotatable bonds is 9. The fourth-order valence-corrected chi connectivity index (χ4v) is 2.92. The molecule has 0 unspecified atom stereocenters. The summed E-state index contributed by atoms with van der Waals surface area (Å²) in [5.41, 5.74) is 4.01. The van der Waals surface area contributed by atoms with E-state index in [2.05, 4.69) is 45.0 Å². The second-order valence-electron chi connectivity index (χ2n) is 7.75. The number of carbonyl (C=O) groups excluding carboxylic acids is 1. The lowest BCUT2D eigenvalue weighted by molar-refractivity contribution is -0.192. The summed E-state index contributed by atoms with van der Waals surface area (Å²) >= 11 is 0. The lowest BCUT2D eigenvalue weighted by Gasteiger charge is -2.11. The van der Waals surface area contributed by atoms with E-state index in [9.17, 15) is 18.0 Å². The van der Waals surface area contributed by atoms with Crippen molar-refractivity contribution < 1.29 is 32.6 Å². The van der Waals surface area contributed by atoms with Gasteiger partial charge in [0.05, 0.1) is 7.11 Å². The molecule has 198 valence electrons. The van der Waals surface area contributed by atoms with E-state index in [1.54, 1.807) is 7.11 Å². The number of anilines is 3. The Bertz CT molecular complexity index is 1190. The molecule has 0 saturated carbocycles. The number of nitrogens with one attached hydrogen (secondary N) is 3. The predicted molar refractivity (Wildman–Crippen MR) is 134 cm³/mol. The summed E-state index contributed by atoms with van der Waals surface area (Å²) in [4.78, 5) is 30.0. The third-order valence-corrected chi connectivity index (χ3v) is 4.83. The topological polar surface area (TPSA) is 125 Å². The molecule has 3 rings (SSSR count). The second kappa shape index (κ2) is 13.7. The van der Waals surface area contributed by atoms with Gasteiger partial charge >= 0.3 is 12.1 Å². The zero-order chi connectivity index (χ0) is 27.4. The quantitative estimate of drug-likeness (QED) is 0.318. The summed E-state index contributed by atoms with van der Waals surface area (Å²) in [6, 6.07) is 17.3. The predicted octanol–water partition coefficient (Wildman–Crippen LogP) is 4.79. The zero-order valence-corrected chi connectivity index (χ0v) is 20.5. The molecule has 0 aliphatic carbocycles. The number of aromatic nitrogens is 2. The van der Waals surface area contributed by atoms with Crippen LogP contribution in [-0.2, 0) is 16.1 Å². The van der Waals surface area contributed by atoms with Gasteiger partial charge in [-0.2, -0.15) is 18.2 Å². The first-order valence-electron chi connectivity index (χ1n) is 11.1. The molecule has 0 saturated heterocycles. The summed E-state index contributed by atoms with van der Waals surface area (Å²) in [6.45, 7) is 5.12. The van der Waals surface area contributed by atoms with Gasteiger partial charge in [-0.1, -0.05) is 24.3 Å². The van der Waals surface area contributed by atoms with Crippen molar-refractivity contribution in [3.63, 3.8) is 0 Å². The molecule has 0 aliphatic heterocycles. The number of ether oxygens (including phenoxy) is 1. The molecule has 1 heterocycles. The number of halogens is 3. The molecule has 0 fully saturated rings. The number of hydrogen-bond donors (Lipinski definition) is 4. The van der Waals surface area contributed by atoms with E-state index in [-0.39, 0.29) is 5.91 Å². The number of aliphatic carboxylic acids is 1. The van der Waals surface area contributed by atoms with E-state index < -0.39 is 12.1 Å². The average Bonchev–Trinajstić information content (AvgIpc) is 2.83. The maximum Gasteiger partial charge on any atom is 0.490 e. The van der Waals surface area contributed by atoms with E-state index in [4.69, 9.17) is 14.6 Å². The Labute approximate surface area is 212 Å². The molecule has 1 amide bonds. The van der Waals surface area contributed by atoms with E-state index in [0.717, 1.165) is 17.1 Å². The van der Waals surface area contributed by atoms with Gasteiger partial charge in [0.15, 0.2) is 0 Å². The van der Waals surface area contributed by atoms with Crippen molar-refractivity contribution in [2.45, 2.75) is 33.0 Å². The minimum Gasteiger partial charge on any atom is -0.497 e. The SMILES string of the molecule is COc1ccc(NC(=O)CCNc2cc(C)nc(NCc3ccccc3C)n2)cc1.O=C(O)C(F)(F)F. The third kappa shape index (κ3) is 10.4. The normalized spacial score (nSPS) is 10.5. The maximum absolute atomic E-state index is 12.2. The molecule has 1 aromatic heterocycles.